The van der Waals surface area contributed by atoms with Crippen molar-refractivity contribution in [1.82, 2.24) is 10.3 Å². The molecule has 0 amide bonds. The van der Waals surface area contributed by atoms with E-state index in [4.69, 9.17) is 4.74 Å². The van der Waals surface area contributed by atoms with Gasteiger partial charge in [-0.15, -0.1) is 4.40 Å². The van der Waals surface area contributed by atoms with Crippen molar-refractivity contribution in [1.29, 1.82) is 0 Å². The van der Waals surface area contributed by atoms with Crippen molar-refractivity contribution in [3.8, 4) is 5.88 Å². The van der Waals surface area contributed by atoms with Crippen LogP contribution in [0.15, 0.2) is 75.7 Å². The van der Waals surface area contributed by atoms with E-state index in [1.807, 2.05) is 6.07 Å². The third kappa shape index (κ3) is 6.56. The van der Waals surface area contributed by atoms with E-state index in [1.54, 1.807) is 36.5 Å². The zero-order chi connectivity index (χ0) is 32.8. The van der Waals surface area contributed by atoms with Crippen molar-refractivity contribution in [2.75, 3.05) is 23.4 Å². The quantitative estimate of drug-likeness (QED) is 0.168. The van der Waals surface area contributed by atoms with Crippen LogP contribution in [0.4, 0.5) is 11.4 Å². The molecule has 0 fully saturated rings. The Kier molecular flexibility index (Phi) is 8.48. The average Bonchev–Trinajstić information content (AvgIpc) is 2.96. The van der Waals surface area contributed by atoms with Crippen molar-refractivity contribution < 1.29 is 32.2 Å². The molecule has 12 nitrogen and oxygen atoms in total. The molecule has 3 aromatic rings. The number of Topliss-reactive ketones (excluding diaryl/α,β-unsaturated/α-hetero) is 1. The highest BCUT2D eigenvalue weighted by Crippen LogP contribution is 2.57. The van der Waals surface area contributed by atoms with Crippen LogP contribution in [-0.2, 0) is 26.9 Å². The molecule has 0 spiro atoms. The normalized spacial score (nSPS) is 20.0. The lowest BCUT2D eigenvalue weighted by Gasteiger charge is -2.42. The van der Waals surface area contributed by atoms with Crippen LogP contribution in [0.25, 0.3) is 5.76 Å². The summed E-state index contributed by atoms with van der Waals surface area (Å²) in [7, 11) is -6.05. The van der Waals surface area contributed by atoms with Crippen molar-refractivity contribution in [2.45, 2.75) is 50.6 Å². The molecule has 1 aliphatic carbocycles. The van der Waals surface area contributed by atoms with E-state index in [0.717, 1.165) is 11.8 Å². The fraction of sp³-hybridized carbons (Fsp3) is 0.323. The number of carbonyl (C=O) groups is 1. The summed E-state index contributed by atoms with van der Waals surface area (Å²) in [4.78, 5) is 19.1. The largest absolute Gasteiger partial charge is 0.506 e. The first kappa shape index (κ1) is 32.4. The molecule has 1 atom stereocenters. The number of aliphatic hydroxyl groups is 1. The van der Waals surface area contributed by atoms with E-state index in [9.17, 15) is 27.4 Å². The summed E-state index contributed by atoms with van der Waals surface area (Å²) in [6, 6.07) is 14.8. The van der Waals surface area contributed by atoms with Crippen molar-refractivity contribution in [2.24, 2.45) is 9.81 Å². The maximum absolute atomic E-state index is 14.9. The number of anilines is 2. The fourth-order valence-corrected chi connectivity index (χ4v) is 7.23. The van der Waals surface area contributed by atoms with Crippen LogP contribution in [0, 0.1) is 5.41 Å². The Balaban J connectivity index is 1.64. The van der Waals surface area contributed by atoms with E-state index >= 15 is 0 Å². The number of ketones is 1. The van der Waals surface area contributed by atoms with Gasteiger partial charge in [0.15, 0.2) is 11.6 Å². The fourth-order valence-electron chi connectivity index (χ4n) is 5.49. The van der Waals surface area contributed by atoms with Crippen molar-refractivity contribution >= 4 is 49.6 Å². The van der Waals surface area contributed by atoms with E-state index in [-0.39, 0.29) is 45.4 Å². The van der Waals surface area contributed by atoms with Gasteiger partial charge in [0.1, 0.15) is 21.8 Å². The van der Waals surface area contributed by atoms with E-state index in [2.05, 4.69) is 45.5 Å². The monoisotopic (exact) mass is 655 g/mol. The number of nitrogens with zero attached hydrogens (tertiary/aromatic N) is 2. The zero-order valence-corrected chi connectivity index (χ0v) is 27.2. The Hall–Kier alpha value is -3.95. The van der Waals surface area contributed by atoms with Gasteiger partial charge in [0.2, 0.25) is 15.9 Å². The highest BCUT2D eigenvalue weighted by atomic mass is 32.3. The number of rotatable bonds is 9. The number of hydrogen-bond donors (Lipinski definition) is 6. The van der Waals surface area contributed by atoms with E-state index in [1.165, 1.54) is 25.3 Å². The molecule has 0 saturated heterocycles. The molecular weight excluding hydrogens is 619 g/mol. The minimum atomic E-state index is -3.93. The van der Waals surface area contributed by atoms with E-state index < -0.39 is 32.1 Å². The van der Waals surface area contributed by atoms with Gasteiger partial charge >= 0.3 is 0 Å². The molecule has 1 aliphatic heterocycles. The van der Waals surface area contributed by atoms with Gasteiger partial charge < -0.3 is 15.2 Å². The Labute approximate surface area is 264 Å². The summed E-state index contributed by atoms with van der Waals surface area (Å²) in [5, 5.41) is 18.1. The van der Waals surface area contributed by atoms with Crippen molar-refractivity contribution in [3.63, 3.8) is 0 Å². The number of benzene rings is 2. The van der Waals surface area contributed by atoms with Crippen LogP contribution in [0.2, 0.25) is 0 Å². The summed E-state index contributed by atoms with van der Waals surface area (Å²) in [6.45, 7) is 6.42. The second-order valence-electron chi connectivity index (χ2n) is 12.3. The minimum Gasteiger partial charge on any atom is -0.506 e. The number of amidine groups is 1. The highest BCUT2D eigenvalue weighted by Gasteiger charge is 2.50. The Morgan fingerprint density at radius 1 is 1.09 bits per heavy atom. The molecular formula is C31H37N5O7S2. The number of sulfonamides is 1. The van der Waals surface area contributed by atoms with Crippen LogP contribution < -0.4 is 20.1 Å². The van der Waals surface area contributed by atoms with Gasteiger partial charge in [0.05, 0.1) is 24.7 Å². The van der Waals surface area contributed by atoms with Crippen LogP contribution in [0.1, 0.15) is 50.3 Å². The smallest absolute Gasteiger partial charge is 0.229 e. The van der Waals surface area contributed by atoms with Crippen LogP contribution in [0.3, 0.4) is 0 Å². The molecule has 2 heterocycles. The maximum Gasteiger partial charge on any atom is 0.229 e. The number of ether oxygens (including phenoxy) is 1. The summed E-state index contributed by atoms with van der Waals surface area (Å²) < 4.78 is 57.7. The molecule has 2 aromatic carbocycles. The van der Waals surface area contributed by atoms with Crippen molar-refractivity contribution in [3.05, 3.63) is 83.1 Å². The molecule has 1 aromatic heterocycles. The molecule has 2 aliphatic rings. The number of pyridine rings is 1. The van der Waals surface area contributed by atoms with Gasteiger partial charge in [-0.3, -0.25) is 23.9 Å². The molecule has 0 radical (unpaired) electrons. The third-order valence-electron chi connectivity index (χ3n) is 7.66. The summed E-state index contributed by atoms with van der Waals surface area (Å²) in [6.07, 6.45) is 3.55. The Bertz CT molecular complexity index is 1830. The van der Waals surface area contributed by atoms with Crippen LogP contribution in [-0.4, -0.2) is 52.6 Å². The van der Waals surface area contributed by atoms with Gasteiger partial charge in [-0.25, -0.2) is 13.4 Å². The predicted octanol–water partition coefficient (Wildman–Crippen LogP) is 5.67. The number of carbonyl (C=O) groups excluding carboxylic acids is 1. The molecule has 14 heteroatoms. The van der Waals surface area contributed by atoms with Gasteiger partial charge in [-0.2, -0.15) is 0 Å². The number of hydrogen-bond acceptors (Lipinski definition) is 11. The zero-order valence-electron chi connectivity index (χ0n) is 25.6. The van der Waals surface area contributed by atoms with Crippen LogP contribution in [0.5, 0.6) is 5.88 Å². The molecule has 0 bridgehead atoms. The third-order valence-corrected chi connectivity index (χ3v) is 9.63. The average molecular weight is 656 g/mol. The summed E-state index contributed by atoms with van der Waals surface area (Å²) in [5.74, 6) is -0.682. The lowest BCUT2D eigenvalue weighted by Crippen LogP contribution is -2.53. The van der Waals surface area contributed by atoms with Gasteiger partial charge in [0, 0.05) is 23.9 Å². The maximum atomic E-state index is 14.9. The summed E-state index contributed by atoms with van der Waals surface area (Å²) in [5.41, 5.74) is 0.258. The number of fused-ring (bicyclic) bond motifs is 2. The number of nitrogens with one attached hydrogen (secondary N) is 3. The lowest BCUT2D eigenvalue weighted by molar-refractivity contribution is -0.122. The number of aromatic nitrogens is 1. The second kappa shape index (κ2) is 11.8. The molecule has 1 unspecified atom stereocenters. The van der Waals surface area contributed by atoms with Gasteiger partial charge in [-0.1, -0.05) is 61.9 Å². The first-order chi connectivity index (χ1) is 21.0. The first-order valence-electron chi connectivity index (χ1n) is 14.1. The van der Waals surface area contributed by atoms with Crippen LogP contribution >= 0.6 is 10.8 Å². The Morgan fingerprint density at radius 3 is 2.51 bits per heavy atom. The lowest BCUT2D eigenvalue weighted by atomic mass is 9.69. The second-order valence-corrected chi connectivity index (χ2v) is 15.7. The molecule has 240 valence electrons. The standard InChI is InChI=1S/C31H37N5O7S2/c1-30(2,3)14-15-31(33-18-19-9-8-16-32-29(19)43-4)22-11-7-6-10-21(22)26(37)25(27(31)38)28-34-23-13-12-20(35-44(5,39)40)17-24(23)45(41,42)36-28/h6-13,16-17,33,35,37,41-42H,14-15,18H2,1-5H3,(H,34,36). The van der Waals surface area contributed by atoms with E-state index in [0.29, 0.717) is 29.8 Å². The summed E-state index contributed by atoms with van der Waals surface area (Å²) >= 11 is 0. The van der Waals surface area contributed by atoms with Gasteiger partial charge in [0.25, 0.3) is 0 Å². The SMILES string of the molecule is COc1ncccc1CNC1(CCC(C)(C)C)C(=O)C(C2=NS(O)(O)c3cc(NS(C)(=O)=O)ccc3N2)=C(O)c2ccccc21. The molecule has 0 saturated carbocycles. The predicted molar refractivity (Wildman–Crippen MR) is 176 cm³/mol. The minimum absolute atomic E-state index is 0.0653. The van der Waals surface area contributed by atoms with Gasteiger partial charge in [-0.05, 0) is 48.1 Å². The first-order valence-corrected chi connectivity index (χ1v) is 17.5. The number of methoxy groups -OCH3 is 1. The molecule has 5 rings (SSSR count). The molecule has 6 N–H and O–H groups in total. The topological polar surface area (TPSA) is 182 Å². The Morgan fingerprint density at radius 2 is 1.82 bits per heavy atom. The number of aliphatic hydroxyl groups excluding tert-OH is 1. The highest BCUT2D eigenvalue weighted by molar-refractivity contribution is 8.23. The molecule has 45 heavy (non-hydrogen) atoms.